The fourth-order valence-corrected chi connectivity index (χ4v) is 3.64. The summed E-state index contributed by atoms with van der Waals surface area (Å²) in [6.45, 7) is 0. The van der Waals surface area contributed by atoms with Gasteiger partial charge >= 0.3 is 11.9 Å². The van der Waals surface area contributed by atoms with Crippen molar-refractivity contribution >= 4 is 57.8 Å². The number of nitro benzene ring substituents is 2. The van der Waals surface area contributed by atoms with Gasteiger partial charge in [-0.2, -0.15) is 0 Å². The Bertz CT molecular complexity index is 1690. The number of halogens is 1. The maximum Gasteiger partial charge on any atom is 0.337 e. The molecule has 0 aliphatic heterocycles. The van der Waals surface area contributed by atoms with E-state index in [1.807, 2.05) is 0 Å². The van der Waals surface area contributed by atoms with Crippen LogP contribution in [0.4, 0.5) is 28.4 Å². The minimum absolute atomic E-state index is 0.0377. The minimum atomic E-state index is -1.20. The number of rotatable bonds is 8. The van der Waals surface area contributed by atoms with Gasteiger partial charge in [0, 0.05) is 17.2 Å². The second kappa shape index (κ2) is 12.8. The quantitative estimate of drug-likeness (QED) is 0.0847. The van der Waals surface area contributed by atoms with Crippen LogP contribution >= 0.6 is 11.6 Å². The van der Waals surface area contributed by atoms with E-state index >= 15 is 0 Å². The SMILES string of the molecule is Nc1cc(C(=O)c2ccccc2C(=O)O)ccc1Cl.O=C(O)c1ccccc1Nc1ccc([N+](=O)[O-])cc1[N+](=O)[O-]. The van der Waals surface area contributed by atoms with E-state index in [2.05, 4.69) is 5.32 Å². The molecular formula is C27H19ClN4O9. The molecule has 14 heteroatoms. The van der Waals surface area contributed by atoms with Gasteiger partial charge in [-0.05, 0) is 42.5 Å². The Morgan fingerprint density at radius 1 is 0.732 bits per heavy atom. The van der Waals surface area contributed by atoms with Crippen molar-refractivity contribution in [2.45, 2.75) is 0 Å². The summed E-state index contributed by atoms with van der Waals surface area (Å²) in [6.07, 6.45) is 0. The third kappa shape index (κ3) is 7.19. The molecule has 0 unspecified atom stereocenters. The van der Waals surface area contributed by atoms with Crippen LogP contribution in [0.1, 0.15) is 36.6 Å². The maximum absolute atomic E-state index is 12.3. The number of aromatic carboxylic acids is 2. The van der Waals surface area contributed by atoms with E-state index in [0.29, 0.717) is 10.6 Å². The number of para-hydroxylation sites is 1. The normalized spacial score (nSPS) is 10.1. The molecule has 0 fully saturated rings. The summed E-state index contributed by atoms with van der Waals surface area (Å²) >= 11 is 5.78. The van der Waals surface area contributed by atoms with Gasteiger partial charge in [0.05, 0.1) is 43.4 Å². The number of hydrogen-bond acceptors (Lipinski definition) is 9. The number of hydrogen-bond donors (Lipinski definition) is 4. The molecule has 0 atom stereocenters. The van der Waals surface area contributed by atoms with Crippen molar-refractivity contribution in [3.8, 4) is 0 Å². The zero-order valence-electron chi connectivity index (χ0n) is 20.7. The highest BCUT2D eigenvalue weighted by molar-refractivity contribution is 6.33. The first kappa shape index (κ1) is 29.7. The summed E-state index contributed by atoms with van der Waals surface area (Å²) in [5, 5.41) is 42.8. The van der Waals surface area contributed by atoms with Gasteiger partial charge in [-0.1, -0.05) is 41.9 Å². The van der Waals surface area contributed by atoms with Crippen LogP contribution < -0.4 is 11.1 Å². The number of nitrogens with one attached hydrogen (secondary N) is 1. The Morgan fingerprint density at radius 2 is 1.32 bits per heavy atom. The van der Waals surface area contributed by atoms with Crippen LogP contribution in [0, 0.1) is 20.2 Å². The number of non-ortho nitro benzene ring substituents is 1. The second-order valence-electron chi connectivity index (χ2n) is 8.11. The van der Waals surface area contributed by atoms with Crippen molar-refractivity contribution in [1.82, 2.24) is 0 Å². The van der Waals surface area contributed by atoms with E-state index in [1.54, 1.807) is 18.2 Å². The van der Waals surface area contributed by atoms with E-state index in [9.17, 15) is 34.6 Å². The molecular weight excluding hydrogens is 560 g/mol. The van der Waals surface area contributed by atoms with Gasteiger partial charge in [-0.25, -0.2) is 9.59 Å². The summed E-state index contributed by atoms with van der Waals surface area (Å²) in [7, 11) is 0. The van der Waals surface area contributed by atoms with Crippen molar-refractivity contribution in [3.63, 3.8) is 0 Å². The Balaban J connectivity index is 0.000000228. The highest BCUT2D eigenvalue weighted by Gasteiger charge is 2.21. The molecule has 0 saturated heterocycles. The molecule has 5 N–H and O–H groups in total. The lowest BCUT2D eigenvalue weighted by Gasteiger charge is -2.09. The molecule has 41 heavy (non-hydrogen) atoms. The molecule has 4 aromatic rings. The zero-order chi connectivity index (χ0) is 30.3. The zero-order valence-corrected chi connectivity index (χ0v) is 21.4. The predicted octanol–water partition coefficient (Wildman–Crippen LogP) is 5.80. The number of anilines is 3. The highest BCUT2D eigenvalue weighted by atomic mass is 35.5. The van der Waals surface area contributed by atoms with Gasteiger partial charge in [0.25, 0.3) is 11.4 Å². The number of benzene rings is 4. The maximum atomic E-state index is 12.3. The molecule has 0 aliphatic carbocycles. The second-order valence-corrected chi connectivity index (χ2v) is 8.51. The Labute approximate surface area is 235 Å². The molecule has 0 radical (unpaired) electrons. The van der Waals surface area contributed by atoms with E-state index in [-0.39, 0.29) is 33.8 Å². The first-order valence-corrected chi connectivity index (χ1v) is 11.7. The van der Waals surface area contributed by atoms with Crippen molar-refractivity contribution in [1.29, 1.82) is 0 Å². The lowest BCUT2D eigenvalue weighted by molar-refractivity contribution is -0.393. The number of ketones is 1. The molecule has 0 aliphatic rings. The molecule has 0 aromatic heterocycles. The van der Waals surface area contributed by atoms with Crippen molar-refractivity contribution < 1.29 is 34.4 Å². The third-order valence-corrected chi connectivity index (χ3v) is 5.82. The fourth-order valence-electron chi connectivity index (χ4n) is 3.52. The summed E-state index contributed by atoms with van der Waals surface area (Å²) < 4.78 is 0. The number of nitrogens with zero attached hydrogens (tertiary/aromatic N) is 2. The number of carbonyl (C=O) groups excluding carboxylic acids is 1. The van der Waals surface area contributed by atoms with Gasteiger partial charge in [-0.3, -0.25) is 25.0 Å². The summed E-state index contributed by atoms with van der Waals surface area (Å²) in [5.41, 5.74) is 5.38. The number of carboxylic acid groups (broad SMARTS) is 2. The molecule has 0 saturated carbocycles. The third-order valence-electron chi connectivity index (χ3n) is 5.48. The predicted molar refractivity (Wildman–Crippen MR) is 149 cm³/mol. The minimum Gasteiger partial charge on any atom is -0.478 e. The summed E-state index contributed by atoms with van der Waals surface area (Å²) in [6, 6.07) is 19.4. The number of carboxylic acids is 2. The molecule has 13 nitrogen and oxygen atoms in total. The number of nitrogen functional groups attached to an aromatic ring is 1. The molecule has 4 rings (SSSR count). The molecule has 0 spiro atoms. The highest BCUT2D eigenvalue weighted by Crippen LogP contribution is 2.32. The average molecular weight is 579 g/mol. The van der Waals surface area contributed by atoms with E-state index in [0.717, 1.165) is 18.2 Å². The standard InChI is InChI=1S/C14H10ClNO3.C13H9N3O6/c15-11-6-5-8(7-12(11)16)13(17)9-3-1-2-4-10(9)14(18)19;17-13(18)9-3-1-2-4-10(9)14-11-6-5-8(15(19)20)7-12(11)16(21)22/h1-7H,16H2,(H,18,19);1-7,14H,(H,17,18). The lowest BCUT2D eigenvalue weighted by atomic mass is 9.98. The monoisotopic (exact) mass is 578 g/mol. The molecule has 0 bridgehead atoms. The van der Waals surface area contributed by atoms with Crippen LogP contribution in [-0.2, 0) is 0 Å². The molecule has 0 amide bonds. The van der Waals surface area contributed by atoms with Crippen molar-refractivity contribution in [2.24, 2.45) is 0 Å². The Hall–Kier alpha value is -5.82. The van der Waals surface area contributed by atoms with Crippen LogP contribution in [0.2, 0.25) is 5.02 Å². The van der Waals surface area contributed by atoms with Gasteiger partial charge in [0.1, 0.15) is 5.69 Å². The van der Waals surface area contributed by atoms with Crippen LogP contribution in [-0.4, -0.2) is 37.8 Å². The molecule has 208 valence electrons. The number of nitro groups is 2. The van der Waals surface area contributed by atoms with E-state index < -0.39 is 38.9 Å². The first-order valence-electron chi connectivity index (χ1n) is 11.3. The van der Waals surface area contributed by atoms with Crippen LogP contribution in [0.5, 0.6) is 0 Å². The Morgan fingerprint density at radius 3 is 1.88 bits per heavy atom. The summed E-state index contributed by atoms with van der Waals surface area (Å²) in [4.78, 5) is 54.6. The van der Waals surface area contributed by atoms with Crippen LogP contribution in [0.25, 0.3) is 0 Å². The summed E-state index contributed by atoms with van der Waals surface area (Å²) in [5.74, 6) is -2.75. The lowest BCUT2D eigenvalue weighted by Crippen LogP contribution is -2.09. The average Bonchev–Trinajstić information content (AvgIpc) is 2.94. The van der Waals surface area contributed by atoms with E-state index in [4.69, 9.17) is 27.5 Å². The van der Waals surface area contributed by atoms with Gasteiger partial charge < -0.3 is 21.3 Å². The fraction of sp³-hybridized carbons (Fsp3) is 0. The van der Waals surface area contributed by atoms with Crippen molar-refractivity contribution in [3.05, 3.63) is 132 Å². The Kier molecular flexibility index (Phi) is 9.30. The van der Waals surface area contributed by atoms with E-state index in [1.165, 1.54) is 48.5 Å². The molecule has 0 heterocycles. The largest absolute Gasteiger partial charge is 0.478 e. The van der Waals surface area contributed by atoms with Gasteiger partial charge in [0.15, 0.2) is 5.78 Å². The first-order chi connectivity index (χ1) is 19.4. The topological polar surface area (TPSA) is 216 Å². The number of nitrogens with two attached hydrogens (primary N) is 1. The van der Waals surface area contributed by atoms with Gasteiger partial charge in [0.2, 0.25) is 0 Å². The smallest absolute Gasteiger partial charge is 0.337 e. The van der Waals surface area contributed by atoms with Crippen LogP contribution in [0.3, 0.4) is 0 Å². The van der Waals surface area contributed by atoms with Crippen LogP contribution in [0.15, 0.2) is 84.9 Å². The number of carbonyl (C=O) groups is 3. The molecule has 4 aromatic carbocycles. The van der Waals surface area contributed by atoms with Gasteiger partial charge in [-0.15, -0.1) is 0 Å². The van der Waals surface area contributed by atoms with Crippen molar-refractivity contribution in [2.75, 3.05) is 11.1 Å².